The Hall–Kier alpha value is 1.01. The van der Waals surface area contributed by atoms with Crippen molar-refractivity contribution in [3.05, 3.63) is 0 Å². The van der Waals surface area contributed by atoms with E-state index in [4.69, 9.17) is 7.53 Å². The van der Waals surface area contributed by atoms with E-state index in [1.807, 2.05) is 0 Å². The van der Waals surface area contributed by atoms with Crippen LogP contribution in [0.4, 0.5) is 0 Å². The molecule has 0 aliphatic rings. The number of hydrogen-bond acceptors (Lipinski definition) is 2. The van der Waals surface area contributed by atoms with Crippen LogP contribution < -0.4 is 0 Å². The van der Waals surface area contributed by atoms with Gasteiger partial charge in [-0.25, -0.2) is 0 Å². The summed E-state index contributed by atoms with van der Waals surface area (Å²) in [5, 5.41) is 2.80. The molecular weight excluding hydrogens is 309 g/mol. The van der Waals surface area contributed by atoms with Crippen molar-refractivity contribution >= 4 is 31.5 Å². The molecule has 0 aliphatic heterocycles. The van der Waals surface area contributed by atoms with Crippen LogP contribution >= 0.6 is 0 Å². The van der Waals surface area contributed by atoms with Crippen molar-refractivity contribution in [3.63, 3.8) is 0 Å². The van der Waals surface area contributed by atoms with E-state index in [1.165, 1.54) is 36.2 Å². The van der Waals surface area contributed by atoms with E-state index < -0.39 is 31.5 Å². The molecule has 15 heavy (non-hydrogen) atoms. The maximum atomic E-state index is 5.69. The first-order chi connectivity index (χ1) is 7.41. The van der Waals surface area contributed by atoms with Crippen LogP contribution in [0.25, 0.3) is 0 Å². The number of rotatable bonds is 12. The molecule has 0 amide bonds. The Morgan fingerprint density at radius 2 is 1.20 bits per heavy atom. The van der Waals surface area contributed by atoms with Gasteiger partial charge < -0.3 is 0 Å². The van der Waals surface area contributed by atoms with Crippen LogP contribution in [0.15, 0.2) is 0 Å². The molecule has 0 atom stereocenters. The molecule has 2 nitrogen and oxygen atoms in total. The van der Waals surface area contributed by atoms with E-state index in [9.17, 15) is 0 Å². The third kappa shape index (κ3) is 15.0. The molecule has 4 heteroatoms. The van der Waals surface area contributed by atoms with Gasteiger partial charge in [-0.15, -0.1) is 0 Å². The first kappa shape index (κ1) is 16.0. The zero-order valence-corrected chi connectivity index (χ0v) is 16.5. The number of hydrogen-bond donors (Lipinski definition) is 0. The van der Waals surface area contributed by atoms with Gasteiger partial charge in [0.2, 0.25) is 0 Å². The Kier molecular flexibility index (Phi) is 16.0. The fourth-order valence-corrected chi connectivity index (χ4v) is 6.90. The summed E-state index contributed by atoms with van der Waals surface area (Å²) < 4.78 is 11.4. The van der Waals surface area contributed by atoms with Crippen molar-refractivity contribution in [1.29, 1.82) is 0 Å². The zero-order chi connectivity index (χ0) is 11.2. The molecule has 0 aromatic heterocycles. The molecule has 0 spiro atoms. The van der Waals surface area contributed by atoms with E-state index in [1.54, 1.807) is 0 Å². The van der Waals surface area contributed by atoms with Gasteiger partial charge in [-0.3, -0.25) is 0 Å². The van der Waals surface area contributed by atoms with Crippen LogP contribution in [-0.2, 0) is 7.53 Å². The monoisotopic (exact) mass is 340 g/mol. The molecule has 0 heterocycles. The minimum absolute atomic E-state index is 0.581. The molecule has 0 bridgehead atoms. The first-order valence-corrected chi connectivity index (χ1v) is 13.2. The Balaban J connectivity index is 2.81. The molecule has 0 aliphatic carbocycles. The van der Waals surface area contributed by atoms with Crippen LogP contribution in [0, 0.1) is 0 Å². The minimum atomic E-state index is -0.581. The summed E-state index contributed by atoms with van der Waals surface area (Å²) >= 11 is -1.16. The molecule has 0 N–H and O–H groups in total. The second-order valence-corrected chi connectivity index (χ2v) is 10.4. The van der Waals surface area contributed by atoms with Crippen molar-refractivity contribution in [2.24, 2.45) is 0 Å². The van der Waals surface area contributed by atoms with Gasteiger partial charge in [-0.1, -0.05) is 0 Å². The average molecular weight is 338 g/mol. The van der Waals surface area contributed by atoms with E-state index >= 15 is 0 Å². The van der Waals surface area contributed by atoms with Gasteiger partial charge in [0.25, 0.3) is 0 Å². The molecule has 0 aromatic rings. The fraction of sp³-hybridized carbons (Fsp3) is 1.00. The first-order valence-electron chi connectivity index (χ1n) is 6.57. The summed E-state index contributed by atoms with van der Waals surface area (Å²) in [6.07, 6.45) is 6.53. The Morgan fingerprint density at radius 1 is 0.733 bits per heavy atom. The van der Waals surface area contributed by atoms with Gasteiger partial charge in [-0.05, 0) is 0 Å². The molecule has 0 aromatic carbocycles. The Morgan fingerprint density at radius 3 is 1.60 bits per heavy atom. The Labute approximate surface area is 108 Å². The molecule has 0 unspecified atom stereocenters. The second-order valence-electron chi connectivity index (χ2n) is 3.99. The summed E-state index contributed by atoms with van der Waals surface area (Å²) in [5.41, 5.74) is 0. The molecule has 0 radical (unpaired) electrons. The van der Waals surface area contributed by atoms with Crippen molar-refractivity contribution in [2.45, 2.75) is 56.5 Å². The van der Waals surface area contributed by atoms with Crippen LogP contribution in [-0.4, -0.2) is 44.7 Å². The van der Waals surface area contributed by atoms with E-state index in [0.717, 1.165) is 19.6 Å². The van der Waals surface area contributed by atoms with E-state index in [0.29, 0.717) is 0 Å². The Bertz CT molecular complexity index is 101. The molecular formula is C11H28Ge2O2. The van der Waals surface area contributed by atoms with Crippen LogP contribution in [0.2, 0.25) is 10.5 Å². The fourth-order valence-electron chi connectivity index (χ4n) is 1.38. The van der Waals surface area contributed by atoms with Crippen molar-refractivity contribution < 1.29 is 7.53 Å². The quantitative estimate of drug-likeness (QED) is 0.401. The van der Waals surface area contributed by atoms with Gasteiger partial charge in [0.05, 0.1) is 0 Å². The summed E-state index contributed by atoms with van der Waals surface area (Å²) in [6.45, 7) is 6.44. The summed E-state index contributed by atoms with van der Waals surface area (Å²) in [5.74, 6) is 0. The van der Waals surface area contributed by atoms with Gasteiger partial charge in [0, 0.05) is 0 Å². The van der Waals surface area contributed by atoms with Crippen LogP contribution in [0.1, 0.15) is 46.0 Å². The summed E-state index contributed by atoms with van der Waals surface area (Å²) in [7, 11) is 0. The predicted octanol–water partition coefficient (Wildman–Crippen LogP) is 2.01. The van der Waals surface area contributed by atoms with E-state index in [-0.39, 0.29) is 0 Å². The SMILES string of the molecule is CCC[CH2][GeH2][O]CCC[O][GeH2][CH2]CCC. The second kappa shape index (κ2) is 15.0. The normalized spacial score (nSPS) is 12.4. The third-order valence-electron chi connectivity index (χ3n) is 2.36. The van der Waals surface area contributed by atoms with Crippen LogP contribution in [0.5, 0.6) is 0 Å². The average Bonchev–Trinajstić information content (AvgIpc) is 2.26. The number of unbranched alkanes of at least 4 members (excludes halogenated alkanes) is 2. The van der Waals surface area contributed by atoms with Gasteiger partial charge in [0.15, 0.2) is 0 Å². The van der Waals surface area contributed by atoms with Gasteiger partial charge in [-0.2, -0.15) is 0 Å². The van der Waals surface area contributed by atoms with Gasteiger partial charge >= 0.3 is 109 Å². The molecule has 92 valence electrons. The van der Waals surface area contributed by atoms with E-state index in [2.05, 4.69) is 13.8 Å². The van der Waals surface area contributed by atoms with Crippen molar-refractivity contribution in [1.82, 2.24) is 0 Å². The van der Waals surface area contributed by atoms with Crippen LogP contribution in [0.3, 0.4) is 0 Å². The molecule has 0 saturated carbocycles. The summed E-state index contributed by atoms with van der Waals surface area (Å²) in [4.78, 5) is 0. The van der Waals surface area contributed by atoms with Crippen molar-refractivity contribution in [3.8, 4) is 0 Å². The van der Waals surface area contributed by atoms with Gasteiger partial charge in [0.1, 0.15) is 0 Å². The standard InChI is InChI=1S/C11H28Ge2O2/c1-3-5-8-12-14-10-7-11-15-13-9-6-4-2/h3-13H2,1-2H3. The summed E-state index contributed by atoms with van der Waals surface area (Å²) in [6, 6.07) is 0. The maximum absolute atomic E-state index is 5.69. The molecule has 0 saturated heterocycles. The topological polar surface area (TPSA) is 18.5 Å². The van der Waals surface area contributed by atoms with Crippen molar-refractivity contribution in [2.75, 3.05) is 13.2 Å². The predicted molar refractivity (Wildman–Crippen MR) is 73.0 cm³/mol. The molecule has 0 rings (SSSR count). The third-order valence-corrected chi connectivity index (χ3v) is 8.09. The zero-order valence-electron chi connectivity index (χ0n) is 10.6. The molecule has 0 fully saturated rings.